The quantitative estimate of drug-likeness (QED) is 0.709. The molecule has 0 spiro atoms. The van der Waals surface area contributed by atoms with Crippen molar-refractivity contribution < 1.29 is 9.53 Å². The number of para-hydroxylation sites is 1. The monoisotopic (exact) mass is 340 g/mol. The average molecular weight is 340 g/mol. The van der Waals surface area contributed by atoms with Gasteiger partial charge in [0.1, 0.15) is 12.3 Å². The van der Waals surface area contributed by atoms with E-state index in [9.17, 15) is 9.59 Å². The number of carbonyl (C=O) groups is 1. The third-order valence-electron chi connectivity index (χ3n) is 4.34. The maximum Gasteiger partial charge on any atom is 0.350 e. The summed E-state index contributed by atoms with van der Waals surface area (Å²) in [6.07, 6.45) is 1.63. The van der Waals surface area contributed by atoms with Crippen molar-refractivity contribution in [1.29, 1.82) is 0 Å². The van der Waals surface area contributed by atoms with Gasteiger partial charge in [-0.25, -0.2) is 9.48 Å². The van der Waals surface area contributed by atoms with Crippen LogP contribution >= 0.6 is 0 Å². The van der Waals surface area contributed by atoms with Gasteiger partial charge in [-0.1, -0.05) is 24.3 Å². The molecule has 7 heteroatoms. The lowest BCUT2D eigenvalue weighted by Gasteiger charge is -2.26. The summed E-state index contributed by atoms with van der Waals surface area (Å²) in [6.45, 7) is 1.80. The van der Waals surface area contributed by atoms with Gasteiger partial charge in [-0.05, 0) is 25.1 Å². The fourth-order valence-electron chi connectivity index (χ4n) is 2.75. The first-order chi connectivity index (χ1) is 12.0. The largest absolute Gasteiger partial charge is 0.496 e. The van der Waals surface area contributed by atoms with Crippen molar-refractivity contribution in [2.45, 2.75) is 19.5 Å². The molecule has 0 aliphatic carbocycles. The molecule has 3 aromatic rings. The second-order valence-corrected chi connectivity index (χ2v) is 5.79. The van der Waals surface area contributed by atoms with E-state index in [1.165, 1.54) is 9.08 Å². The molecule has 25 heavy (non-hydrogen) atoms. The fraction of sp³-hybridized carbons (Fsp3) is 0.278. The van der Waals surface area contributed by atoms with Crippen LogP contribution < -0.4 is 10.4 Å². The summed E-state index contributed by atoms with van der Waals surface area (Å²) in [5.41, 5.74) is 1.09. The van der Waals surface area contributed by atoms with Crippen molar-refractivity contribution >= 4 is 11.6 Å². The number of methoxy groups -OCH3 is 1. The predicted octanol–water partition coefficient (Wildman–Crippen LogP) is 1.72. The molecule has 1 amide bonds. The summed E-state index contributed by atoms with van der Waals surface area (Å²) >= 11 is 0. The molecule has 130 valence electrons. The Balaban J connectivity index is 1.82. The second kappa shape index (κ2) is 6.80. The molecule has 2 heterocycles. The van der Waals surface area contributed by atoms with Crippen LogP contribution in [0.1, 0.15) is 18.5 Å². The summed E-state index contributed by atoms with van der Waals surface area (Å²) in [7, 11) is 3.31. The summed E-state index contributed by atoms with van der Waals surface area (Å²) in [5, 5.41) is 4.20. The lowest BCUT2D eigenvalue weighted by Crippen LogP contribution is -2.35. The number of likely N-dealkylation sites (N-methyl/N-ethyl adjacent to an activating group) is 1. The van der Waals surface area contributed by atoms with Crippen LogP contribution in [0, 0.1) is 0 Å². The first-order valence-corrected chi connectivity index (χ1v) is 7.95. The summed E-state index contributed by atoms with van der Waals surface area (Å²) in [6, 6.07) is 12.6. The lowest BCUT2D eigenvalue weighted by molar-refractivity contribution is -0.132. The van der Waals surface area contributed by atoms with Crippen LogP contribution in [0.2, 0.25) is 0 Å². The minimum absolute atomic E-state index is 0.115. The molecular formula is C18H20N4O3. The van der Waals surface area contributed by atoms with Crippen LogP contribution in [0.3, 0.4) is 0 Å². The molecule has 0 fully saturated rings. The number of nitrogens with zero attached hydrogens (tertiary/aromatic N) is 4. The van der Waals surface area contributed by atoms with Gasteiger partial charge < -0.3 is 9.64 Å². The number of fused-ring (bicyclic) bond motifs is 1. The van der Waals surface area contributed by atoms with E-state index in [2.05, 4.69) is 5.10 Å². The van der Waals surface area contributed by atoms with Gasteiger partial charge in [-0.2, -0.15) is 0 Å². The Morgan fingerprint density at radius 2 is 1.96 bits per heavy atom. The van der Waals surface area contributed by atoms with E-state index in [1.807, 2.05) is 31.2 Å². The summed E-state index contributed by atoms with van der Waals surface area (Å²) in [4.78, 5) is 26.5. The van der Waals surface area contributed by atoms with E-state index in [0.29, 0.717) is 5.65 Å². The SMILES string of the molecule is COc1ccccc1C(C)N(C)C(=O)Cn1nc2ccccn2c1=O. The Labute approximate surface area is 145 Å². The molecule has 3 rings (SSSR count). The maximum atomic E-state index is 12.6. The Hall–Kier alpha value is -3.09. The van der Waals surface area contributed by atoms with Crippen molar-refractivity contribution in [3.05, 3.63) is 64.7 Å². The van der Waals surface area contributed by atoms with Crippen LogP contribution in [0.25, 0.3) is 5.65 Å². The zero-order chi connectivity index (χ0) is 18.0. The zero-order valence-electron chi connectivity index (χ0n) is 14.4. The van der Waals surface area contributed by atoms with Gasteiger partial charge in [0, 0.05) is 18.8 Å². The molecule has 2 aromatic heterocycles. The van der Waals surface area contributed by atoms with Crippen LogP contribution in [-0.4, -0.2) is 39.1 Å². The first kappa shape index (κ1) is 16.8. The van der Waals surface area contributed by atoms with Crippen molar-refractivity contribution in [1.82, 2.24) is 19.1 Å². The van der Waals surface area contributed by atoms with Gasteiger partial charge in [-0.3, -0.25) is 9.20 Å². The number of aromatic nitrogens is 3. The average Bonchev–Trinajstić information content (AvgIpc) is 2.96. The molecular weight excluding hydrogens is 320 g/mol. The normalized spacial score (nSPS) is 12.1. The highest BCUT2D eigenvalue weighted by molar-refractivity contribution is 5.76. The van der Waals surface area contributed by atoms with Crippen molar-refractivity contribution in [3.63, 3.8) is 0 Å². The van der Waals surface area contributed by atoms with Gasteiger partial charge in [0.2, 0.25) is 5.91 Å². The molecule has 0 aliphatic heterocycles. The Morgan fingerprint density at radius 3 is 2.68 bits per heavy atom. The Bertz CT molecular complexity index is 960. The van der Waals surface area contributed by atoms with Gasteiger partial charge in [-0.15, -0.1) is 5.10 Å². The van der Waals surface area contributed by atoms with Crippen LogP contribution in [0.4, 0.5) is 0 Å². The number of hydrogen-bond donors (Lipinski definition) is 0. The first-order valence-electron chi connectivity index (χ1n) is 7.95. The van der Waals surface area contributed by atoms with E-state index in [4.69, 9.17) is 4.74 Å². The number of amides is 1. The maximum absolute atomic E-state index is 12.6. The number of ether oxygens (including phenoxy) is 1. The molecule has 0 bridgehead atoms. The number of carbonyl (C=O) groups excluding carboxylic acids is 1. The van der Waals surface area contributed by atoms with Gasteiger partial charge in [0.05, 0.1) is 13.2 Å². The minimum Gasteiger partial charge on any atom is -0.496 e. The number of pyridine rings is 1. The summed E-state index contributed by atoms with van der Waals surface area (Å²) in [5.74, 6) is 0.517. The van der Waals surface area contributed by atoms with Gasteiger partial charge in [0.15, 0.2) is 5.65 Å². The number of hydrogen-bond acceptors (Lipinski definition) is 4. The molecule has 1 aromatic carbocycles. The van der Waals surface area contributed by atoms with E-state index in [1.54, 1.807) is 43.5 Å². The second-order valence-electron chi connectivity index (χ2n) is 5.79. The van der Waals surface area contributed by atoms with E-state index in [-0.39, 0.29) is 24.2 Å². The Morgan fingerprint density at radius 1 is 1.24 bits per heavy atom. The Kier molecular flexibility index (Phi) is 4.56. The van der Waals surface area contributed by atoms with Gasteiger partial charge >= 0.3 is 5.69 Å². The standard InChI is InChI=1S/C18H20N4O3/c1-13(14-8-4-5-9-15(14)25-3)20(2)17(23)12-22-18(24)21-11-7-6-10-16(21)19-22/h4-11,13H,12H2,1-3H3. The van der Waals surface area contributed by atoms with Crippen LogP contribution in [-0.2, 0) is 11.3 Å². The van der Waals surface area contributed by atoms with E-state index >= 15 is 0 Å². The number of benzene rings is 1. The zero-order valence-corrected chi connectivity index (χ0v) is 14.4. The summed E-state index contributed by atoms with van der Waals surface area (Å²) < 4.78 is 7.96. The molecule has 0 radical (unpaired) electrons. The van der Waals surface area contributed by atoms with Crippen LogP contribution in [0.5, 0.6) is 5.75 Å². The smallest absolute Gasteiger partial charge is 0.350 e. The predicted molar refractivity (Wildman–Crippen MR) is 93.6 cm³/mol. The van der Waals surface area contributed by atoms with E-state index < -0.39 is 0 Å². The topological polar surface area (TPSA) is 68.8 Å². The lowest BCUT2D eigenvalue weighted by atomic mass is 10.1. The molecule has 7 nitrogen and oxygen atoms in total. The highest BCUT2D eigenvalue weighted by Crippen LogP contribution is 2.28. The molecule has 1 unspecified atom stereocenters. The molecule has 0 saturated carbocycles. The highest BCUT2D eigenvalue weighted by atomic mass is 16.5. The third-order valence-corrected chi connectivity index (χ3v) is 4.34. The number of rotatable bonds is 5. The van der Waals surface area contributed by atoms with Crippen molar-refractivity contribution in [3.8, 4) is 5.75 Å². The van der Waals surface area contributed by atoms with Crippen molar-refractivity contribution in [2.75, 3.05) is 14.2 Å². The molecule has 0 N–H and O–H groups in total. The molecule has 0 aliphatic rings. The third kappa shape index (κ3) is 3.13. The molecule has 1 atom stereocenters. The van der Waals surface area contributed by atoms with Gasteiger partial charge in [0.25, 0.3) is 0 Å². The van der Waals surface area contributed by atoms with Crippen molar-refractivity contribution in [2.24, 2.45) is 0 Å². The minimum atomic E-state index is -0.331. The highest BCUT2D eigenvalue weighted by Gasteiger charge is 2.21. The fourth-order valence-corrected chi connectivity index (χ4v) is 2.75. The van der Waals surface area contributed by atoms with Crippen LogP contribution in [0.15, 0.2) is 53.5 Å². The van der Waals surface area contributed by atoms with E-state index in [0.717, 1.165) is 11.3 Å². The molecule has 0 saturated heterocycles.